The number of alkyl halides is 3. The quantitative estimate of drug-likeness (QED) is 0.690. The Morgan fingerprint density at radius 2 is 1.94 bits per heavy atom. The van der Waals surface area contributed by atoms with E-state index in [9.17, 15) is 22.8 Å². The second kappa shape index (κ2) is 9.80. The monoisotopic (exact) mass is 466 g/mol. The zero-order valence-corrected chi connectivity index (χ0v) is 17.9. The number of oxazole rings is 1. The smallest absolute Gasteiger partial charge is 0.391 e. The molecular formula is C22H25F3N4O4. The molecule has 8 nitrogen and oxygen atoms in total. The molecule has 2 aliphatic rings. The molecular weight excluding hydrogens is 441 g/mol. The molecule has 1 saturated carbocycles. The Bertz CT molecular complexity index is 959. The summed E-state index contributed by atoms with van der Waals surface area (Å²) in [6.45, 7) is 0.714. The van der Waals surface area contributed by atoms with Crippen LogP contribution in [0.4, 0.5) is 19.2 Å². The number of rotatable bonds is 6. The lowest BCUT2D eigenvalue weighted by atomic mass is 9.81. The Morgan fingerprint density at radius 3 is 2.64 bits per heavy atom. The van der Waals surface area contributed by atoms with E-state index in [0.717, 1.165) is 12.8 Å². The maximum atomic E-state index is 13.0. The molecule has 11 heteroatoms. The Balaban J connectivity index is 1.35. The second-order valence-corrected chi connectivity index (χ2v) is 8.37. The fourth-order valence-corrected chi connectivity index (χ4v) is 4.51. The van der Waals surface area contributed by atoms with Crippen LogP contribution in [0, 0.1) is 11.8 Å². The SMILES string of the molecule is O=C(Nc1ncco1)c1ncccc1OC[C@@H]1CCCN1C(=O)[C@H]1CC[C@@H](C(F)(F)F)CC1. The minimum atomic E-state index is -4.20. The van der Waals surface area contributed by atoms with E-state index in [4.69, 9.17) is 9.15 Å². The summed E-state index contributed by atoms with van der Waals surface area (Å²) in [4.78, 5) is 35.2. The van der Waals surface area contributed by atoms with E-state index in [1.807, 2.05) is 0 Å². The minimum Gasteiger partial charge on any atom is -0.489 e. The highest BCUT2D eigenvalue weighted by molar-refractivity contribution is 6.03. The van der Waals surface area contributed by atoms with Crippen LogP contribution in [0.3, 0.4) is 0 Å². The fourth-order valence-electron chi connectivity index (χ4n) is 4.51. The van der Waals surface area contributed by atoms with Crippen molar-refractivity contribution < 1.29 is 31.9 Å². The Morgan fingerprint density at radius 1 is 1.15 bits per heavy atom. The van der Waals surface area contributed by atoms with Crippen molar-refractivity contribution in [3.63, 3.8) is 0 Å². The number of halogens is 3. The molecule has 178 valence electrons. The summed E-state index contributed by atoms with van der Waals surface area (Å²) in [5.74, 6) is -2.09. The Hall–Kier alpha value is -3.11. The number of nitrogens with zero attached hydrogens (tertiary/aromatic N) is 3. The van der Waals surface area contributed by atoms with Crippen LogP contribution < -0.4 is 10.1 Å². The van der Waals surface area contributed by atoms with Gasteiger partial charge in [-0.15, -0.1) is 0 Å². The molecule has 33 heavy (non-hydrogen) atoms. The lowest BCUT2D eigenvalue weighted by molar-refractivity contribution is -0.185. The summed E-state index contributed by atoms with van der Waals surface area (Å²) in [5.41, 5.74) is 0.0528. The van der Waals surface area contributed by atoms with E-state index in [1.54, 1.807) is 17.0 Å². The number of hydrogen-bond donors (Lipinski definition) is 1. The molecule has 2 amide bonds. The van der Waals surface area contributed by atoms with Crippen LogP contribution in [0.15, 0.2) is 35.2 Å². The molecule has 2 aromatic heterocycles. The highest BCUT2D eigenvalue weighted by atomic mass is 19.4. The Kier molecular flexibility index (Phi) is 6.85. The van der Waals surface area contributed by atoms with Gasteiger partial charge in [-0.1, -0.05) is 0 Å². The molecule has 0 unspecified atom stereocenters. The predicted octanol–water partition coefficient (Wildman–Crippen LogP) is 4.06. The van der Waals surface area contributed by atoms with Crippen LogP contribution in [0.2, 0.25) is 0 Å². The molecule has 4 rings (SSSR count). The summed E-state index contributed by atoms with van der Waals surface area (Å²) in [6.07, 6.45) is 1.99. The van der Waals surface area contributed by atoms with Crippen LogP contribution in [0.25, 0.3) is 0 Å². The molecule has 0 bridgehead atoms. The number of likely N-dealkylation sites (tertiary alicyclic amines) is 1. The maximum absolute atomic E-state index is 13.0. The van der Waals surface area contributed by atoms with Gasteiger partial charge in [0.25, 0.3) is 5.91 Å². The molecule has 1 aliphatic heterocycles. The number of carbonyl (C=O) groups is 2. The molecule has 0 aromatic carbocycles. The van der Waals surface area contributed by atoms with Gasteiger partial charge >= 0.3 is 12.2 Å². The summed E-state index contributed by atoms with van der Waals surface area (Å²) in [5, 5.41) is 2.49. The van der Waals surface area contributed by atoms with Gasteiger partial charge < -0.3 is 14.1 Å². The first-order chi connectivity index (χ1) is 15.8. The number of carbonyl (C=O) groups excluding carboxylic acids is 2. The lowest BCUT2D eigenvalue weighted by Crippen LogP contribution is -2.44. The standard InChI is InChI=1S/C22H25F3N4O4/c23-22(24,25)15-7-5-14(6-8-15)20(31)29-11-2-3-16(29)13-33-17-4-1-9-26-18(17)19(30)28-21-27-10-12-32-21/h1,4,9-10,12,14-16H,2-3,5-8,11,13H2,(H,27,28,30)/t14-,15+,16-/m0/s1. The van der Waals surface area contributed by atoms with Crippen LogP contribution in [0.1, 0.15) is 49.0 Å². The summed E-state index contributed by atoms with van der Waals surface area (Å²) >= 11 is 0. The molecule has 1 atom stereocenters. The molecule has 2 fully saturated rings. The van der Waals surface area contributed by atoms with Gasteiger partial charge in [-0.3, -0.25) is 14.9 Å². The van der Waals surface area contributed by atoms with E-state index < -0.39 is 18.0 Å². The van der Waals surface area contributed by atoms with Gasteiger partial charge in [0.1, 0.15) is 12.9 Å². The Labute approximate surface area is 188 Å². The summed E-state index contributed by atoms with van der Waals surface area (Å²) < 4.78 is 49.7. The second-order valence-electron chi connectivity index (χ2n) is 8.37. The van der Waals surface area contributed by atoms with Gasteiger partial charge in [0.05, 0.1) is 18.2 Å². The fraction of sp³-hybridized carbons (Fsp3) is 0.545. The molecule has 3 heterocycles. The normalized spacial score (nSPS) is 23.4. The third-order valence-electron chi connectivity index (χ3n) is 6.27. The van der Waals surface area contributed by atoms with E-state index in [1.165, 1.54) is 18.7 Å². The first-order valence-corrected chi connectivity index (χ1v) is 11.0. The van der Waals surface area contributed by atoms with Gasteiger partial charge in [0.2, 0.25) is 5.91 Å². The molecule has 0 spiro atoms. The number of hydrogen-bond acceptors (Lipinski definition) is 6. The van der Waals surface area contributed by atoms with E-state index >= 15 is 0 Å². The van der Waals surface area contributed by atoms with Gasteiger partial charge in [-0.2, -0.15) is 13.2 Å². The molecule has 2 aromatic rings. The van der Waals surface area contributed by atoms with Gasteiger partial charge in [0, 0.05) is 18.7 Å². The molecule has 0 radical (unpaired) electrons. The number of amides is 2. The lowest BCUT2D eigenvalue weighted by Gasteiger charge is -2.33. The van der Waals surface area contributed by atoms with Crippen molar-refractivity contribution in [2.75, 3.05) is 18.5 Å². The third-order valence-corrected chi connectivity index (χ3v) is 6.27. The van der Waals surface area contributed by atoms with Gasteiger partial charge in [-0.05, 0) is 50.7 Å². The van der Waals surface area contributed by atoms with Crippen LogP contribution >= 0.6 is 0 Å². The largest absolute Gasteiger partial charge is 0.489 e. The van der Waals surface area contributed by atoms with Crippen molar-refractivity contribution in [2.45, 2.75) is 50.7 Å². The number of pyridine rings is 1. The predicted molar refractivity (Wildman–Crippen MR) is 110 cm³/mol. The van der Waals surface area contributed by atoms with E-state index in [0.29, 0.717) is 6.54 Å². The average molecular weight is 466 g/mol. The van der Waals surface area contributed by atoms with Crippen molar-refractivity contribution in [1.82, 2.24) is 14.9 Å². The van der Waals surface area contributed by atoms with Crippen molar-refractivity contribution in [2.24, 2.45) is 11.8 Å². The molecule has 1 N–H and O–H groups in total. The zero-order valence-electron chi connectivity index (χ0n) is 17.9. The van der Waals surface area contributed by atoms with Crippen molar-refractivity contribution >= 4 is 17.8 Å². The number of nitrogens with one attached hydrogen (secondary N) is 1. The van der Waals surface area contributed by atoms with Crippen molar-refractivity contribution in [3.05, 3.63) is 36.5 Å². The summed E-state index contributed by atoms with van der Waals surface area (Å²) in [7, 11) is 0. The van der Waals surface area contributed by atoms with Crippen LogP contribution in [-0.4, -0.2) is 52.1 Å². The highest BCUT2D eigenvalue weighted by Gasteiger charge is 2.44. The van der Waals surface area contributed by atoms with Crippen LogP contribution in [0.5, 0.6) is 5.75 Å². The zero-order chi connectivity index (χ0) is 23.4. The van der Waals surface area contributed by atoms with Gasteiger partial charge in [-0.25, -0.2) is 9.97 Å². The number of ether oxygens (including phenoxy) is 1. The van der Waals surface area contributed by atoms with Gasteiger partial charge in [0.15, 0.2) is 11.4 Å². The third kappa shape index (κ3) is 5.45. The first kappa shape index (κ1) is 23.1. The topological polar surface area (TPSA) is 97.6 Å². The number of anilines is 1. The maximum Gasteiger partial charge on any atom is 0.391 e. The van der Waals surface area contributed by atoms with E-state index in [-0.39, 0.29) is 67.6 Å². The first-order valence-electron chi connectivity index (χ1n) is 11.0. The average Bonchev–Trinajstić information content (AvgIpc) is 3.49. The van der Waals surface area contributed by atoms with Crippen molar-refractivity contribution in [1.29, 1.82) is 0 Å². The molecule has 1 saturated heterocycles. The van der Waals surface area contributed by atoms with Crippen LogP contribution in [-0.2, 0) is 4.79 Å². The molecule has 1 aliphatic carbocycles. The minimum absolute atomic E-state index is 0.00635. The van der Waals surface area contributed by atoms with Crippen molar-refractivity contribution in [3.8, 4) is 5.75 Å². The number of aromatic nitrogens is 2. The summed E-state index contributed by atoms with van der Waals surface area (Å²) in [6, 6.07) is 3.07. The highest BCUT2D eigenvalue weighted by Crippen LogP contribution is 2.40. The van der Waals surface area contributed by atoms with E-state index in [2.05, 4.69) is 15.3 Å².